The van der Waals surface area contributed by atoms with E-state index >= 15 is 0 Å². The molecule has 1 aliphatic heterocycles. The number of aromatic nitrogens is 1. The number of aromatic amines is 1. The molecule has 2 aromatic carbocycles. The Kier molecular flexibility index (Phi) is 4.24. The molecule has 4 heteroatoms. The van der Waals surface area contributed by atoms with Gasteiger partial charge in [0.25, 0.3) is 0 Å². The van der Waals surface area contributed by atoms with Crippen molar-refractivity contribution in [2.24, 2.45) is 0 Å². The number of aliphatic hydroxyl groups excluding tert-OH is 1. The smallest absolute Gasteiger partial charge is 0.0917 e. The highest BCUT2D eigenvalue weighted by Crippen LogP contribution is 2.21. The Bertz CT molecular complexity index is 791. The molecule has 0 spiro atoms. The zero-order chi connectivity index (χ0) is 16.4. The SMILES string of the molecule is OC(CN1CCN(c2ccccc2)CC1)c1ccc2cc[nH]c2c1. The van der Waals surface area contributed by atoms with Crippen molar-refractivity contribution in [3.05, 3.63) is 66.4 Å². The Morgan fingerprint density at radius 2 is 1.75 bits per heavy atom. The number of para-hydroxylation sites is 1. The van der Waals surface area contributed by atoms with Crippen LogP contribution in [-0.4, -0.2) is 47.7 Å². The van der Waals surface area contributed by atoms with Crippen LogP contribution in [0.5, 0.6) is 0 Å². The number of nitrogens with one attached hydrogen (secondary N) is 1. The maximum atomic E-state index is 10.6. The number of hydrogen-bond donors (Lipinski definition) is 2. The summed E-state index contributed by atoms with van der Waals surface area (Å²) in [5, 5.41) is 11.8. The van der Waals surface area contributed by atoms with Crippen LogP contribution >= 0.6 is 0 Å². The van der Waals surface area contributed by atoms with Gasteiger partial charge in [-0.05, 0) is 35.2 Å². The van der Waals surface area contributed by atoms with E-state index in [1.54, 1.807) is 0 Å². The van der Waals surface area contributed by atoms with E-state index in [0.29, 0.717) is 6.54 Å². The summed E-state index contributed by atoms with van der Waals surface area (Å²) < 4.78 is 0. The zero-order valence-electron chi connectivity index (χ0n) is 13.7. The molecular formula is C20H23N3O. The summed E-state index contributed by atoms with van der Waals surface area (Å²) in [5.74, 6) is 0. The number of β-amino-alcohol motifs (C(OH)–C–C–N with tert-alkyl or cyclic N) is 1. The number of H-pyrrole nitrogens is 1. The fourth-order valence-corrected chi connectivity index (χ4v) is 3.45. The summed E-state index contributed by atoms with van der Waals surface area (Å²) in [7, 11) is 0. The molecule has 2 heterocycles. The summed E-state index contributed by atoms with van der Waals surface area (Å²) in [6, 6.07) is 18.8. The van der Waals surface area contributed by atoms with Gasteiger partial charge < -0.3 is 15.0 Å². The molecule has 124 valence electrons. The van der Waals surface area contributed by atoms with Crippen molar-refractivity contribution in [1.82, 2.24) is 9.88 Å². The van der Waals surface area contributed by atoms with E-state index in [0.717, 1.165) is 37.3 Å². The molecule has 0 aliphatic carbocycles. The lowest BCUT2D eigenvalue weighted by molar-refractivity contribution is 0.109. The second kappa shape index (κ2) is 6.67. The number of anilines is 1. The first-order valence-electron chi connectivity index (χ1n) is 8.57. The van der Waals surface area contributed by atoms with Crippen LogP contribution in [0.25, 0.3) is 10.9 Å². The number of piperazine rings is 1. The summed E-state index contributed by atoms with van der Waals surface area (Å²) in [4.78, 5) is 7.97. The first-order valence-corrected chi connectivity index (χ1v) is 8.57. The summed E-state index contributed by atoms with van der Waals surface area (Å²) in [6.45, 7) is 4.67. The highest BCUT2D eigenvalue weighted by Gasteiger charge is 2.20. The van der Waals surface area contributed by atoms with E-state index in [4.69, 9.17) is 0 Å². The second-order valence-corrected chi connectivity index (χ2v) is 6.46. The topological polar surface area (TPSA) is 42.5 Å². The first-order chi connectivity index (χ1) is 11.8. The molecular weight excluding hydrogens is 298 g/mol. The van der Waals surface area contributed by atoms with E-state index in [9.17, 15) is 5.11 Å². The third-order valence-electron chi connectivity index (χ3n) is 4.89. The second-order valence-electron chi connectivity index (χ2n) is 6.46. The minimum Gasteiger partial charge on any atom is -0.387 e. The van der Waals surface area contributed by atoms with Crippen molar-refractivity contribution in [3.8, 4) is 0 Å². The summed E-state index contributed by atoms with van der Waals surface area (Å²) in [5.41, 5.74) is 3.35. The molecule has 24 heavy (non-hydrogen) atoms. The predicted octanol–water partition coefficient (Wildman–Crippen LogP) is 3.02. The molecule has 0 saturated carbocycles. The molecule has 1 saturated heterocycles. The zero-order valence-corrected chi connectivity index (χ0v) is 13.7. The first kappa shape index (κ1) is 15.2. The van der Waals surface area contributed by atoms with Crippen molar-refractivity contribution in [2.45, 2.75) is 6.10 Å². The molecule has 3 aromatic rings. The van der Waals surface area contributed by atoms with Gasteiger partial charge in [-0.15, -0.1) is 0 Å². The van der Waals surface area contributed by atoms with Gasteiger partial charge in [-0.3, -0.25) is 4.90 Å². The fraction of sp³-hybridized carbons (Fsp3) is 0.300. The number of hydrogen-bond acceptors (Lipinski definition) is 3. The Hall–Kier alpha value is -2.30. The van der Waals surface area contributed by atoms with Gasteiger partial charge in [0.2, 0.25) is 0 Å². The van der Waals surface area contributed by atoms with Crippen LogP contribution in [0.15, 0.2) is 60.8 Å². The average molecular weight is 321 g/mol. The molecule has 1 unspecified atom stereocenters. The minimum absolute atomic E-state index is 0.444. The maximum Gasteiger partial charge on any atom is 0.0917 e. The highest BCUT2D eigenvalue weighted by molar-refractivity contribution is 5.79. The van der Waals surface area contributed by atoms with Crippen LogP contribution in [0, 0.1) is 0 Å². The van der Waals surface area contributed by atoms with Gasteiger partial charge in [0.15, 0.2) is 0 Å². The van der Waals surface area contributed by atoms with Crippen molar-refractivity contribution < 1.29 is 5.11 Å². The van der Waals surface area contributed by atoms with Crippen molar-refractivity contribution in [2.75, 3.05) is 37.6 Å². The fourth-order valence-electron chi connectivity index (χ4n) is 3.45. The van der Waals surface area contributed by atoms with E-state index < -0.39 is 6.10 Å². The third kappa shape index (κ3) is 3.16. The van der Waals surface area contributed by atoms with E-state index in [1.807, 2.05) is 18.3 Å². The van der Waals surface area contributed by atoms with Gasteiger partial charge in [-0.1, -0.05) is 30.3 Å². The van der Waals surface area contributed by atoms with E-state index in [2.05, 4.69) is 57.2 Å². The van der Waals surface area contributed by atoms with Gasteiger partial charge >= 0.3 is 0 Å². The molecule has 4 nitrogen and oxygen atoms in total. The summed E-state index contributed by atoms with van der Waals surface area (Å²) >= 11 is 0. The number of nitrogens with zero attached hydrogens (tertiary/aromatic N) is 2. The quantitative estimate of drug-likeness (QED) is 0.776. The normalized spacial score (nSPS) is 17.3. The van der Waals surface area contributed by atoms with Crippen LogP contribution in [0.3, 0.4) is 0 Å². The number of aliphatic hydroxyl groups is 1. The lowest BCUT2D eigenvalue weighted by atomic mass is 10.1. The van der Waals surface area contributed by atoms with E-state index in [-0.39, 0.29) is 0 Å². The Labute approximate surface area is 142 Å². The predicted molar refractivity (Wildman–Crippen MR) is 98.4 cm³/mol. The van der Waals surface area contributed by atoms with Crippen LogP contribution in [0.2, 0.25) is 0 Å². The minimum atomic E-state index is -0.444. The lowest BCUT2D eigenvalue weighted by Crippen LogP contribution is -2.47. The lowest BCUT2D eigenvalue weighted by Gasteiger charge is -2.37. The van der Waals surface area contributed by atoms with Gasteiger partial charge in [0.05, 0.1) is 6.10 Å². The molecule has 1 aliphatic rings. The van der Waals surface area contributed by atoms with Crippen molar-refractivity contribution >= 4 is 16.6 Å². The molecule has 2 N–H and O–H groups in total. The van der Waals surface area contributed by atoms with Crippen LogP contribution in [-0.2, 0) is 0 Å². The Balaban J connectivity index is 1.36. The standard InChI is InChI=1S/C20H23N3O/c24-20(17-7-6-16-8-9-21-19(16)14-17)15-22-10-12-23(13-11-22)18-4-2-1-3-5-18/h1-9,14,20-21,24H,10-13,15H2. The van der Waals surface area contributed by atoms with Gasteiger partial charge in [0.1, 0.15) is 0 Å². The Morgan fingerprint density at radius 1 is 0.958 bits per heavy atom. The van der Waals surface area contributed by atoms with Gasteiger partial charge in [-0.25, -0.2) is 0 Å². The van der Waals surface area contributed by atoms with Crippen LogP contribution in [0.1, 0.15) is 11.7 Å². The molecule has 0 amide bonds. The number of benzene rings is 2. The number of fused-ring (bicyclic) bond motifs is 1. The molecule has 1 fully saturated rings. The molecule has 1 atom stereocenters. The van der Waals surface area contributed by atoms with Crippen molar-refractivity contribution in [1.29, 1.82) is 0 Å². The monoisotopic (exact) mass is 321 g/mol. The van der Waals surface area contributed by atoms with Crippen LogP contribution in [0.4, 0.5) is 5.69 Å². The average Bonchev–Trinajstić information content (AvgIpc) is 3.11. The molecule has 0 bridgehead atoms. The van der Waals surface area contributed by atoms with Gasteiger partial charge in [0, 0.05) is 50.1 Å². The molecule has 1 aromatic heterocycles. The largest absolute Gasteiger partial charge is 0.387 e. The van der Waals surface area contributed by atoms with Crippen LogP contribution < -0.4 is 4.90 Å². The third-order valence-corrected chi connectivity index (χ3v) is 4.89. The Morgan fingerprint density at radius 3 is 2.54 bits per heavy atom. The molecule has 4 rings (SSSR count). The van der Waals surface area contributed by atoms with E-state index in [1.165, 1.54) is 11.1 Å². The summed E-state index contributed by atoms with van der Waals surface area (Å²) in [6.07, 6.45) is 1.49. The highest BCUT2D eigenvalue weighted by atomic mass is 16.3. The molecule has 0 radical (unpaired) electrons. The van der Waals surface area contributed by atoms with Crippen molar-refractivity contribution in [3.63, 3.8) is 0 Å². The number of rotatable bonds is 4. The van der Waals surface area contributed by atoms with Gasteiger partial charge in [-0.2, -0.15) is 0 Å². The maximum absolute atomic E-state index is 10.6.